The molecule has 0 radical (unpaired) electrons. The number of aliphatic hydroxyl groups excluding tert-OH is 4. The van der Waals surface area contributed by atoms with E-state index in [1.165, 1.54) is 0 Å². The van der Waals surface area contributed by atoms with Gasteiger partial charge in [-0.05, 0) is 5.56 Å². The number of rotatable bonds is 8. The highest BCUT2D eigenvalue weighted by molar-refractivity contribution is 5.81. The van der Waals surface area contributed by atoms with E-state index in [-0.39, 0.29) is 12.7 Å². The van der Waals surface area contributed by atoms with Crippen molar-refractivity contribution in [2.45, 2.75) is 30.8 Å². The van der Waals surface area contributed by atoms with Gasteiger partial charge in [-0.25, -0.2) is 0 Å². The molecule has 4 atom stereocenters. The van der Waals surface area contributed by atoms with Crippen LogP contribution >= 0.6 is 0 Å². The Kier molecular flexibility index (Phi) is 6.97. The first-order valence-corrected chi connectivity index (χ1v) is 6.43. The fourth-order valence-electron chi connectivity index (χ4n) is 1.77. The van der Waals surface area contributed by atoms with Gasteiger partial charge in [0.15, 0.2) is 0 Å². The minimum Gasteiger partial charge on any atom is -0.394 e. The van der Waals surface area contributed by atoms with Gasteiger partial charge >= 0.3 is 0 Å². The molecule has 116 valence electrons. The Balaban J connectivity index is 2.60. The van der Waals surface area contributed by atoms with Gasteiger partial charge < -0.3 is 30.5 Å². The number of aliphatic hydroxyl groups is 4. The van der Waals surface area contributed by atoms with Crippen molar-refractivity contribution in [3.63, 3.8) is 0 Å². The highest BCUT2D eigenvalue weighted by Gasteiger charge is 2.31. The van der Waals surface area contributed by atoms with Gasteiger partial charge in [0.1, 0.15) is 30.6 Å². The molecule has 0 aliphatic heterocycles. The van der Waals surface area contributed by atoms with Crippen LogP contribution in [0, 0.1) is 0 Å². The van der Waals surface area contributed by atoms with Crippen molar-refractivity contribution in [2.75, 3.05) is 6.61 Å². The molecular formula is C14H19NO6. The van der Waals surface area contributed by atoms with Crippen molar-refractivity contribution >= 4 is 12.2 Å². The van der Waals surface area contributed by atoms with Crippen molar-refractivity contribution in [1.82, 2.24) is 5.32 Å². The van der Waals surface area contributed by atoms with Gasteiger partial charge in [-0.2, -0.15) is 0 Å². The Labute approximate surface area is 121 Å². The smallest absolute Gasteiger partial charge is 0.225 e. The fraction of sp³-hybridized carbons (Fsp3) is 0.429. The van der Waals surface area contributed by atoms with Crippen LogP contribution in [0.4, 0.5) is 0 Å². The third kappa shape index (κ3) is 5.24. The van der Waals surface area contributed by atoms with E-state index in [1.54, 1.807) is 30.3 Å². The third-order valence-electron chi connectivity index (χ3n) is 2.98. The summed E-state index contributed by atoms with van der Waals surface area (Å²) in [6.07, 6.45) is -4.79. The molecule has 7 nitrogen and oxygen atoms in total. The molecule has 0 unspecified atom stereocenters. The average Bonchev–Trinajstić information content (AvgIpc) is 2.51. The van der Waals surface area contributed by atoms with Crippen LogP contribution in [0.5, 0.6) is 0 Å². The number of aldehydes is 1. The number of amides is 1. The molecule has 0 aromatic heterocycles. The summed E-state index contributed by atoms with van der Waals surface area (Å²) in [5.74, 6) is -0.511. The zero-order chi connectivity index (χ0) is 15.8. The van der Waals surface area contributed by atoms with Crippen molar-refractivity contribution < 1.29 is 30.0 Å². The van der Waals surface area contributed by atoms with Crippen LogP contribution in [0.3, 0.4) is 0 Å². The maximum atomic E-state index is 11.8. The average molecular weight is 297 g/mol. The first-order valence-electron chi connectivity index (χ1n) is 6.43. The predicted molar refractivity (Wildman–Crippen MR) is 73.2 cm³/mol. The molecule has 5 N–H and O–H groups in total. The molecule has 0 bridgehead atoms. The quantitative estimate of drug-likeness (QED) is 0.353. The summed E-state index contributed by atoms with van der Waals surface area (Å²) in [4.78, 5) is 22.7. The second-order valence-corrected chi connectivity index (χ2v) is 4.62. The summed E-state index contributed by atoms with van der Waals surface area (Å²) in [6.45, 7) is -0.776. The molecule has 1 aromatic rings. The number of nitrogens with one attached hydrogen (secondary N) is 1. The third-order valence-corrected chi connectivity index (χ3v) is 2.98. The molecular weight excluding hydrogens is 278 g/mol. The molecule has 7 heteroatoms. The SMILES string of the molecule is O=C[C@H](NC(=O)Cc1ccccc1)[C@@H](O)[C@H](O)[C@H](O)CO. The Bertz CT molecular complexity index is 452. The molecule has 0 spiro atoms. The van der Waals surface area contributed by atoms with E-state index in [9.17, 15) is 24.9 Å². The lowest BCUT2D eigenvalue weighted by Gasteiger charge is -2.26. The molecule has 1 rings (SSSR count). The van der Waals surface area contributed by atoms with Crippen molar-refractivity contribution in [3.8, 4) is 0 Å². The second kappa shape index (κ2) is 8.48. The van der Waals surface area contributed by atoms with E-state index in [2.05, 4.69) is 5.32 Å². The van der Waals surface area contributed by atoms with E-state index in [0.717, 1.165) is 5.56 Å². The van der Waals surface area contributed by atoms with Crippen LogP contribution in [-0.4, -0.2) is 63.6 Å². The Morgan fingerprint density at radius 3 is 2.29 bits per heavy atom. The largest absolute Gasteiger partial charge is 0.394 e. The van der Waals surface area contributed by atoms with Crippen molar-refractivity contribution in [3.05, 3.63) is 35.9 Å². The summed E-state index contributed by atoms with van der Waals surface area (Å²) < 4.78 is 0. The van der Waals surface area contributed by atoms with Crippen LogP contribution in [0.2, 0.25) is 0 Å². The summed E-state index contributed by atoms with van der Waals surface area (Å²) in [6, 6.07) is 7.40. The molecule has 0 aliphatic carbocycles. The zero-order valence-electron chi connectivity index (χ0n) is 11.3. The second-order valence-electron chi connectivity index (χ2n) is 4.62. The van der Waals surface area contributed by atoms with Gasteiger partial charge in [-0.15, -0.1) is 0 Å². The summed E-state index contributed by atoms with van der Waals surface area (Å²) in [5, 5.41) is 39.4. The lowest BCUT2D eigenvalue weighted by atomic mass is 10.0. The van der Waals surface area contributed by atoms with E-state index < -0.39 is 36.9 Å². The van der Waals surface area contributed by atoms with E-state index >= 15 is 0 Å². The number of hydrogen-bond acceptors (Lipinski definition) is 6. The maximum absolute atomic E-state index is 11.8. The van der Waals surface area contributed by atoms with Crippen molar-refractivity contribution in [1.29, 1.82) is 0 Å². The highest BCUT2D eigenvalue weighted by atomic mass is 16.4. The van der Waals surface area contributed by atoms with E-state index in [1.807, 2.05) is 0 Å². The number of benzene rings is 1. The lowest BCUT2D eigenvalue weighted by molar-refractivity contribution is -0.130. The van der Waals surface area contributed by atoms with E-state index in [4.69, 9.17) is 5.11 Å². The first kappa shape index (κ1) is 17.3. The molecule has 0 aliphatic rings. The molecule has 21 heavy (non-hydrogen) atoms. The molecule has 1 aromatic carbocycles. The topological polar surface area (TPSA) is 127 Å². The maximum Gasteiger partial charge on any atom is 0.225 e. The van der Waals surface area contributed by atoms with Gasteiger partial charge in [0.25, 0.3) is 0 Å². The van der Waals surface area contributed by atoms with Crippen LogP contribution < -0.4 is 5.32 Å². The Morgan fingerprint density at radius 1 is 1.14 bits per heavy atom. The number of carbonyl (C=O) groups is 2. The van der Waals surface area contributed by atoms with Gasteiger partial charge in [-0.1, -0.05) is 30.3 Å². The van der Waals surface area contributed by atoms with Crippen LogP contribution in [0.25, 0.3) is 0 Å². The Morgan fingerprint density at radius 2 is 1.76 bits per heavy atom. The Hall–Kier alpha value is -1.80. The molecule has 0 saturated heterocycles. The predicted octanol–water partition coefficient (Wildman–Crippen LogP) is -2.01. The van der Waals surface area contributed by atoms with Crippen LogP contribution in [0.1, 0.15) is 5.56 Å². The normalized spacial score (nSPS) is 16.6. The first-order chi connectivity index (χ1) is 9.99. The fourth-order valence-corrected chi connectivity index (χ4v) is 1.77. The molecule has 0 saturated carbocycles. The number of hydrogen-bond donors (Lipinski definition) is 5. The van der Waals surface area contributed by atoms with Crippen LogP contribution in [0.15, 0.2) is 30.3 Å². The zero-order valence-corrected chi connectivity index (χ0v) is 11.3. The van der Waals surface area contributed by atoms with Crippen LogP contribution in [-0.2, 0) is 16.0 Å². The van der Waals surface area contributed by atoms with Gasteiger partial charge in [0.2, 0.25) is 5.91 Å². The minimum absolute atomic E-state index is 0.0105. The molecule has 1 amide bonds. The summed E-state index contributed by atoms with van der Waals surface area (Å²) in [7, 11) is 0. The van der Waals surface area contributed by atoms with Gasteiger partial charge in [0, 0.05) is 0 Å². The highest BCUT2D eigenvalue weighted by Crippen LogP contribution is 2.05. The summed E-state index contributed by atoms with van der Waals surface area (Å²) in [5.41, 5.74) is 0.727. The standard InChI is InChI=1S/C14H19NO6/c16-7-10(13(20)14(21)11(18)8-17)15-12(19)6-9-4-2-1-3-5-9/h1-5,7,10-11,13-14,17-18,20-21H,6,8H2,(H,15,19)/t10-,11+,13+,14+/m0/s1. The lowest BCUT2D eigenvalue weighted by Crippen LogP contribution is -2.53. The van der Waals surface area contributed by atoms with Gasteiger partial charge in [0.05, 0.1) is 13.0 Å². The summed E-state index contributed by atoms with van der Waals surface area (Å²) >= 11 is 0. The monoisotopic (exact) mass is 297 g/mol. The molecule has 0 heterocycles. The molecule has 0 fully saturated rings. The minimum atomic E-state index is -1.75. The van der Waals surface area contributed by atoms with Crippen molar-refractivity contribution in [2.24, 2.45) is 0 Å². The van der Waals surface area contributed by atoms with E-state index in [0.29, 0.717) is 0 Å². The van der Waals surface area contributed by atoms with Gasteiger partial charge in [-0.3, -0.25) is 4.79 Å². The number of carbonyl (C=O) groups excluding carboxylic acids is 2.